The molecule has 2 rings (SSSR count). The highest BCUT2D eigenvalue weighted by Gasteiger charge is 2.13. The Morgan fingerprint density at radius 3 is 2.40 bits per heavy atom. The van der Waals surface area contributed by atoms with Gasteiger partial charge in [-0.25, -0.2) is 4.79 Å². The molecule has 102 valence electrons. The van der Waals surface area contributed by atoms with Crippen molar-refractivity contribution in [1.82, 2.24) is 3.97 Å². The second-order valence-electron chi connectivity index (χ2n) is 3.82. The minimum absolute atomic E-state index is 0.284. The molecule has 0 aliphatic rings. The van der Waals surface area contributed by atoms with Crippen LogP contribution >= 0.6 is 11.9 Å². The van der Waals surface area contributed by atoms with Crippen LogP contribution in [0.15, 0.2) is 65.4 Å². The van der Waals surface area contributed by atoms with E-state index in [9.17, 15) is 9.59 Å². The number of aliphatic carboxylic acids is 1. The monoisotopic (exact) mass is 289 g/mol. The Bertz CT molecular complexity index is 661. The largest absolute Gasteiger partial charge is 0.502 e. The van der Waals surface area contributed by atoms with E-state index in [1.807, 2.05) is 30.3 Å². The van der Waals surface area contributed by atoms with E-state index >= 15 is 0 Å². The number of rotatable bonds is 5. The number of aliphatic hydroxyl groups excluding tert-OH is 1. The Balaban J connectivity index is 2.23. The Kier molecular flexibility index (Phi) is 4.27. The molecule has 0 unspecified atom stereocenters. The molecule has 1 aromatic carbocycles. The Morgan fingerprint density at radius 1 is 1.05 bits per heavy atom. The summed E-state index contributed by atoms with van der Waals surface area (Å²) >= 11 is 1.32. The van der Waals surface area contributed by atoms with Crippen LogP contribution in [0.25, 0.3) is 0 Å². The van der Waals surface area contributed by atoms with Gasteiger partial charge in [-0.15, -0.1) is 0 Å². The van der Waals surface area contributed by atoms with Crippen molar-refractivity contribution >= 4 is 23.7 Å². The third-order valence-corrected chi connectivity index (χ3v) is 3.40. The quantitative estimate of drug-likeness (QED) is 0.502. The van der Waals surface area contributed by atoms with Gasteiger partial charge in [0.25, 0.3) is 0 Å². The number of aliphatic hydroxyl groups is 1. The summed E-state index contributed by atoms with van der Waals surface area (Å²) in [6, 6.07) is 12.7. The fraction of sp³-hybridized carbons (Fsp3) is 0. The predicted octanol–water partition coefficient (Wildman–Crippen LogP) is 2.75. The fourth-order valence-corrected chi connectivity index (χ4v) is 2.38. The summed E-state index contributed by atoms with van der Waals surface area (Å²) in [4.78, 5) is 23.3. The lowest BCUT2D eigenvalue weighted by molar-refractivity contribution is -0.135. The van der Waals surface area contributed by atoms with Gasteiger partial charge < -0.3 is 10.2 Å². The first-order valence-corrected chi connectivity index (χ1v) is 6.44. The van der Waals surface area contributed by atoms with Gasteiger partial charge >= 0.3 is 5.97 Å². The number of carboxylic acids is 1. The second kappa shape index (κ2) is 6.12. The number of aromatic nitrogens is 1. The van der Waals surface area contributed by atoms with E-state index in [0.29, 0.717) is 6.08 Å². The minimum atomic E-state index is -1.54. The van der Waals surface area contributed by atoms with Crippen molar-refractivity contribution in [3.63, 3.8) is 0 Å². The lowest BCUT2D eigenvalue weighted by Crippen LogP contribution is -2.06. The molecule has 6 heteroatoms. The van der Waals surface area contributed by atoms with Crippen LogP contribution in [0.4, 0.5) is 0 Å². The van der Waals surface area contributed by atoms with Gasteiger partial charge in [0, 0.05) is 17.2 Å². The zero-order chi connectivity index (χ0) is 14.5. The molecule has 2 N–H and O–H groups in total. The summed E-state index contributed by atoms with van der Waals surface area (Å²) in [6.45, 7) is 0. The molecule has 0 spiro atoms. The van der Waals surface area contributed by atoms with E-state index in [1.54, 1.807) is 22.3 Å². The van der Waals surface area contributed by atoms with Gasteiger partial charge in [-0.2, -0.15) is 0 Å². The molecule has 20 heavy (non-hydrogen) atoms. The van der Waals surface area contributed by atoms with Crippen molar-refractivity contribution in [1.29, 1.82) is 0 Å². The van der Waals surface area contributed by atoms with Crippen LogP contribution in [0.2, 0.25) is 0 Å². The van der Waals surface area contributed by atoms with Gasteiger partial charge in [0.15, 0.2) is 0 Å². The van der Waals surface area contributed by atoms with Crippen LogP contribution in [0, 0.1) is 0 Å². The maximum Gasteiger partial charge on any atom is 0.371 e. The maximum atomic E-state index is 11.9. The van der Waals surface area contributed by atoms with Gasteiger partial charge in [0.2, 0.25) is 11.5 Å². The predicted molar refractivity (Wildman–Crippen MR) is 74.8 cm³/mol. The second-order valence-corrected chi connectivity index (χ2v) is 4.87. The Morgan fingerprint density at radius 2 is 1.75 bits per heavy atom. The third-order valence-electron chi connectivity index (χ3n) is 2.40. The van der Waals surface area contributed by atoms with E-state index in [4.69, 9.17) is 10.2 Å². The zero-order valence-corrected chi connectivity index (χ0v) is 11.1. The molecule has 0 amide bonds. The van der Waals surface area contributed by atoms with E-state index in [0.717, 1.165) is 4.90 Å². The molecule has 0 aliphatic carbocycles. The summed E-state index contributed by atoms with van der Waals surface area (Å²) < 4.78 is 1.61. The lowest BCUT2D eigenvalue weighted by Gasteiger charge is -2.05. The number of hydrogen-bond donors (Lipinski definition) is 2. The van der Waals surface area contributed by atoms with Gasteiger partial charge in [-0.3, -0.25) is 8.77 Å². The maximum absolute atomic E-state index is 11.9. The molecule has 0 atom stereocenters. The molecule has 0 aliphatic heterocycles. The first-order valence-electron chi connectivity index (χ1n) is 5.67. The number of allylic oxidation sites excluding steroid dienone is 1. The van der Waals surface area contributed by atoms with Crippen LogP contribution in [0.3, 0.4) is 0 Å². The highest BCUT2D eigenvalue weighted by atomic mass is 32.2. The molecule has 0 radical (unpaired) electrons. The van der Waals surface area contributed by atoms with Crippen LogP contribution in [0.5, 0.6) is 0 Å². The van der Waals surface area contributed by atoms with E-state index in [1.165, 1.54) is 11.9 Å². The summed E-state index contributed by atoms with van der Waals surface area (Å²) in [5, 5.41) is 17.7. The van der Waals surface area contributed by atoms with Crippen molar-refractivity contribution in [2.75, 3.05) is 0 Å². The third kappa shape index (κ3) is 3.30. The van der Waals surface area contributed by atoms with E-state index in [-0.39, 0.29) is 5.69 Å². The number of carboxylic acid groups (broad SMARTS) is 1. The van der Waals surface area contributed by atoms with Crippen molar-refractivity contribution in [3.05, 3.63) is 66.2 Å². The zero-order valence-electron chi connectivity index (χ0n) is 10.3. The van der Waals surface area contributed by atoms with Gasteiger partial charge in [0.05, 0.1) is 5.69 Å². The number of ketones is 1. The van der Waals surface area contributed by atoms with Crippen LogP contribution < -0.4 is 0 Å². The van der Waals surface area contributed by atoms with Crippen LogP contribution in [-0.2, 0) is 4.79 Å². The average molecular weight is 289 g/mol. The SMILES string of the molecule is O=C(O)C(O)=CC(=O)c1cccn1Sc1ccccc1. The number of hydrogen-bond acceptors (Lipinski definition) is 4. The molecule has 5 nitrogen and oxygen atoms in total. The highest BCUT2D eigenvalue weighted by molar-refractivity contribution is 7.97. The van der Waals surface area contributed by atoms with Gasteiger partial charge in [0.1, 0.15) is 0 Å². The molecule has 1 aromatic heterocycles. The number of benzene rings is 1. The van der Waals surface area contributed by atoms with Crippen molar-refractivity contribution in [3.8, 4) is 0 Å². The molecular formula is C14H11NO4S. The van der Waals surface area contributed by atoms with Crippen molar-refractivity contribution in [2.45, 2.75) is 4.90 Å². The lowest BCUT2D eigenvalue weighted by atomic mass is 10.2. The molecule has 2 aromatic rings. The van der Waals surface area contributed by atoms with Gasteiger partial charge in [-0.1, -0.05) is 18.2 Å². The summed E-state index contributed by atoms with van der Waals surface area (Å²) in [6.07, 6.45) is 2.39. The first-order chi connectivity index (χ1) is 9.58. The smallest absolute Gasteiger partial charge is 0.371 e. The molecular weight excluding hydrogens is 278 g/mol. The summed E-state index contributed by atoms with van der Waals surface area (Å²) in [5.74, 6) is -3.09. The number of nitrogens with zero attached hydrogens (tertiary/aromatic N) is 1. The molecule has 1 heterocycles. The fourth-order valence-electron chi connectivity index (χ4n) is 1.49. The first kappa shape index (κ1) is 14.0. The molecule has 0 saturated carbocycles. The minimum Gasteiger partial charge on any atom is -0.502 e. The van der Waals surface area contributed by atoms with Crippen molar-refractivity contribution in [2.24, 2.45) is 0 Å². The van der Waals surface area contributed by atoms with E-state index < -0.39 is 17.5 Å². The average Bonchev–Trinajstić information content (AvgIpc) is 2.88. The van der Waals surface area contributed by atoms with E-state index in [2.05, 4.69) is 0 Å². The Labute approximate surface area is 119 Å². The topological polar surface area (TPSA) is 79.5 Å². The summed E-state index contributed by atoms with van der Waals surface area (Å²) in [5.41, 5.74) is 0.284. The molecule has 0 bridgehead atoms. The molecule has 0 fully saturated rings. The van der Waals surface area contributed by atoms with Crippen LogP contribution in [0.1, 0.15) is 10.5 Å². The number of carbonyl (C=O) groups is 2. The summed E-state index contributed by atoms with van der Waals surface area (Å²) in [7, 11) is 0. The Hall–Kier alpha value is -2.47. The highest BCUT2D eigenvalue weighted by Crippen LogP contribution is 2.22. The molecule has 0 saturated heterocycles. The van der Waals surface area contributed by atoms with Crippen LogP contribution in [-0.4, -0.2) is 25.9 Å². The standard InChI is InChI=1S/C14H11NO4S/c16-12(9-13(17)14(18)19)11-7-4-8-15(11)20-10-5-2-1-3-6-10/h1-9,17H,(H,18,19). The number of carbonyl (C=O) groups excluding carboxylic acids is 1. The normalized spacial score (nSPS) is 11.3. The van der Waals surface area contributed by atoms with Gasteiger partial charge in [-0.05, 0) is 36.2 Å². The van der Waals surface area contributed by atoms with Crippen molar-refractivity contribution < 1.29 is 19.8 Å².